The van der Waals surface area contributed by atoms with Gasteiger partial charge in [-0.15, -0.1) is 0 Å². The van der Waals surface area contributed by atoms with Gasteiger partial charge in [0.05, 0.1) is 39.6 Å². The first-order valence-electron chi connectivity index (χ1n) is 10.6. The number of amides is 1. The normalized spacial score (nSPS) is 17.3. The topological polar surface area (TPSA) is 125 Å². The van der Waals surface area contributed by atoms with Gasteiger partial charge in [-0.1, -0.05) is 35.0 Å². The van der Waals surface area contributed by atoms with Gasteiger partial charge in [0.15, 0.2) is 0 Å². The van der Waals surface area contributed by atoms with Crippen LogP contribution in [0.3, 0.4) is 0 Å². The summed E-state index contributed by atoms with van der Waals surface area (Å²) in [6.07, 6.45) is -2.18. The second-order valence-corrected chi connectivity index (χ2v) is 9.83. The van der Waals surface area contributed by atoms with E-state index in [2.05, 4.69) is 35.6 Å². The first kappa shape index (κ1) is 27.2. The molecular weight excluding hydrogens is 554 g/mol. The number of aliphatic hydroxyl groups excluding tert-OH is 1. The number of nitrogens with zero attached hydrogens (tertiary/aromatic N) is 5. The predicted octanol–water partition coefficient (Wildman–Crippen LogP) is 4.38. The standard InChI is InChI=1S/C22H18Cl2F3N7O2S/c1-10(33-19(35)15-6-14(31-9-32-15)11-2-3-28-17(24)4-11)21-30-8-16(37-21)20(36)34-18-5-12(22(25,26)27)13(23)7-29-18/h2-7,9-10,16,19,33,35H,8H2,1H3,(H,29,34,36). The summed E-state index contributed by atoms with van der Waals surface area (Å²) in [6.45, 7) is 1.85. The van der Waals surface area contributed by atoms with Gasteiger partial charge >= 0.3 is 6.18 Å². The lowest BCUT2D eigenvalue weighted by atomic mass is 10.1. The minimum atomic E-state index is -4.68. The lowest BCUT2D eigenvalue weighted by molar-refractivity contribution is -0.137. The predicted molar refractivity (Wildman–Crippen MR) is 134 cm³/mol. The molecule has 3 unspecified atom stereocenters. The van der Waals surface area contributed by atoms with Gasteiger partial charge in [-0.2, -0.15) is 13.2 Å². The number of carbonyl (C=O) groups is 1. The van der Waals surface area contributed by atoms with Crippen molar-refractivity contribution in [3.05, 3.63) is 64.4 Å². The highest BCUT2D eigenvalue weighted by molar-refractivity contribution is 8.15. The van der Waals surface area contributed by atoms with E-state index in [-0.39, 0.29) is 12.4 Å². The summed E-state index contributed by atoms with van der Waals surface area (Å²) < 4.78 is 39.2. The van der Waals surface area contributed by atoms with Gasteiger partial charge in [0, 0.05) is 18.0 Å². The Kier molecular flexibility index (Phi) is 8.29. The van der Waals surface area contributed by atoms with E-state index in [1.165, 1.54) is 12.5 Å². The Balaban J connectivity index is 1.36. The molecule has 15 heteroatoms. The van der Waals surface area contributed by atoms with E-state index in [1.807, 2.05) is 0 Å². The van der Waals surface area contributed by atoms with Crippen LogP contribution in [0.2, 0.25) is 10.2 Å². The first-order valence-corrected chi connectivity index (χ1v) is 12.3. The van der Waals surface area contributed by atoms with Crippen molar-refractivity contribution in [1.82, 2.24) is 25.3 Å². The van der Waals surface area contributed by atoms with E-state index >= 15 is 0 Å². The van der Waals surface area contributed by atoms with E-state index in [0.29, 0.717) is 33.2 Å². The van der Waals surface area contributed by atoms with E-state index in [1.54, 1.807) is 25.1 Å². The second kappa shape index (κ2) is 11.3. The average Bonchev–Trinajstić information content (AvgIpc) is 3.35. The molecule has 4 rings (SSSR count). The van der Waals surface area contributed by atoms with Crippen LogP contribution >= 0.6 is 35.0 Å². The molecule has 37 heavy (non-hydrogen) atoms. The number of rotatable bonds is 7. The molecule has 0 radical (unpaired) electrons. The molecule has 4 heterocycles. The van der Waals surface area contributed by atoms with E-state index in [0.717, 1.165) is 18.0 Å². The molecule has 0 saturated heterocycles. The molecular formula is C22H18Cl2F3N7O2S. The maximum Gasteiger partial charge on any atom is 0.418 e. The molecule has 1 aliphatic rings. The first-order chi connectivity index (χ1) is 17.5. The monoisotopic (exact) mass is 571 g/mol. The highest BCUT2D eigenvalue weighted by atomic mass is 35.5. The second-order valence-electron chi connectivity index (χ2n) is 7.81. The van der Waals surface area contributed by atoms with Crippen molar-refractivity contribution in [1.29, 1.82) is 0 Å². The molecule has 1 amide bonds. The molecule has 0 bridgehead atoms. The molecule has 0 aliphatic carbocycles. The van der Waals surface area contributed by atoms with Gasteiger partial charge < -0.3 is 10.4 Å². The van der Waals surface area contributed by atoms with E-state index in [9.17, 15) is 23.1 Å². The summed E-state index contributed by atoms with van der Waals surface area (Å²) in [4.78, 5) is 32.9. The van der Waals surface area contributed by atoms with Gasteiger partial charge in [0.1, 0.15) is 28.8 Å². The van der Waals surface area contributed by atoms with Gasteiger partial charge in [0.25, 0.3) is 0 Å². The lowest BCUT2D eigenvalue weighted by Crippen LogP contribution is -2.36. The van der Waals surface area contributed by atoms with Crippen LogP contribution in [0.1, 0.15) is 24.4 Å². The van der Waals surface area contributed by atoms with Crippen LogP contribution in [0, 0.1) is 0 Å². The van der Waals surface area contributed by atoms with Crippen molar-refractivity contribution in [3.8, 4) is 11.3 Å². The molecule has 194 valence electrons. The van der Waals surface area contributed by atoms with Gasteiger partial charge in [-0.05, 0) is 31.2 Å². The Bertz CT molecular complexity index is 1350. The average molecular weight is 572 g/mol. The Labute approximate surface area is 223 Å². The SMILES string of the molecule is CC(NC(O)c1cc(-c2ccnc(Cl)c2)ncn1)C1=NCC(C(=O)Nc2cc(C(F)(F)F)c(Cl)cn2)S1. The van der Waals surface area contributed by atoms with Crippen molar-refractivity contribution < 1.29 is 23.1 Å². The lowest BCUT2D eigenvalue weighted by Gasteiger charge is -2.19. The summed E-state index contributed by atoms with van der Waals surface area (Å²) in [5, 5.41) is 15.6. The molecule has 0 aromatic carbocycles. The summed E-state index contributed by atoms with van der Waals surface area (Å²) in [5.41, 5.74) is 0.446. The zero-order valence-electron chi connectivity index (χ0n) is 18.9. The number of nitrogens with one attached hydrogen (secondary N) is 2. The van der Waals surface area contributed by atoms with Crippen molar-refractivity contribution in [2.24, 2.45) is 4.99 Å². The molecule has 3 aromatic rings. The number of anilines is 1. The fourth-order valence-corrected chi connectivity index (χ4v) is 4.75. The summed E-state index contributed by atoms with van der Waals surface area (Å²) in [5.74, 6) is -0.830. The smallest absolute Gasteiger partial charge is 0.373 e. The molecule has 0 fully saturated rings. The number of thioether (sulfide) groups is 1. The van der Waals surface area contributed by atoms with Crippen molar-refractivity contribution in [2.75, 3.05) is 11.9 Å². The van der Waals surface area contributed by atoms with Crippen LogP contribution in [0.25, 0.3) is 11.3 Å². The molecule has 3 atom stereocenters. The molecule has 3 N–H and O–H groups in total. The molecule has 3 aromatic heterocycles. The van der Waals surface area contributed by atoms with Crippen LogP contribution in [0.15, 0.2) is 48.0 Å². The number of hydrogen-bond donors (Lipinski definition) is 3. The minimum Gasteiger partial charge on any atom is -0.373 e. The molecule has 0 saturated carbocycles. The number of aliphatic hydroxyl groups is 1. The number of halogens is 5. The van der Waals surface area contributed by atoms with Crippen molar-refractivity contribution >= 4 is 51.7 Å². The molecule has 0 spiro atoms. The summed E-state index contributed by atoms with van der Waals surface area (Å²) in [6, 6.07) is 5.17. The zero-order valence-corrected chi connectivity index (χ0v) is 21.2. The quantitative estimate of drug-likeness (QED) is 0.282. The summed E-state index contributed by atoms with van der Waals surface area (Å²) in [7, 11) is 0. The Morgan fingerprint density at radius 2 is 1.97 bits per heavy atom. The highest BCUT2D eigenvalue weighted by Crippen LogP contribution is 2.35. The molecule has 9 nitrogen and oxygen atoms in total. The fourth-order valence-electron chi connectivity index (χ4n) is 3.33. The van der Waals surface area contributed by atoms with E-state index < -0.39 is 40.2 Å². The Morgan fingerprint density at radius 1 is 1.19 bits per heavy atom. The number of aromatic nitrogens is 4. The third kappa shape index (κ3) is 6.73. The third-order valence-electron chi connectivity index (χ3n) is 5.15. The Morgan fingerprint density at radius 3 is 2.70 bits per heavy atom. The minimum absolute atomic E-state index is 0.105. The largest absolute Gasteiger partial charge is 0.418 e. The van der Waals surface area contributed by atoms with Crippen LogP contribution in [0.4, 0.5) is 19.0 Å². The molecule has 1 aliphatic heterocycles. The van der Waals surface area contributed by atoms with Crippen LogP contribution in [-0.4, -0.2) is 53.8 Å². The number of hydrogen-bond acceptors (Lipinski definition) is 9. The van der Waals surface area contributed by atoms with E-state index in [4.69, 9.17) is 23.2 Å². The van der Waals surface area contributed by atoms with Crippen LogP contribution in [0.5, 0.6) is 0 Å². The number of aliphatic imine (C=N–C) groups is 1. The van der Waals surface area contributed by atoms with Crippen LogP contribution in [-0.2, 0) is 11.0 Å². The van der Waals surface area contributed by atoms with Crippen LogP contribution < -0.4 is 10.6 Å². The number of pyridine rings is 2. The van der Waals surface area contributed by atoms with Gasteiger partial charge in [-0.25, -0.2) is 19.9 Å². The number of carbonyl (C=O) groups excluding carboxylic acids is 1. The maximum absolute atomic E-state index is 13.1. The maximum atomic E-state index is 13.1. The summed E-state index contributed by atoms with van der Waals surface area (Å²) >= 11 is 12.6. The van der Waals surface area contributed by atoms with Crippen molar-refractivity contribution in [2.45, 2.75) is 30.6 Å². The highest BCUT2D eigenvalue weighted by Gasteiger charge is 2.35. The number of alkyl halides is 3. The van der Waals surface area contributed by atoms with Gasteiger partial charge in [-0.3, -0.25) is 15.1 Å². The zero-order chi connectivity index (χ0) is 26.7. The van der Waals surface area contributed by atoms with Gasteiger partial charge in [0.2, 0.25) is 5.91 Å². The van der Waals surface area contributed by atoms with Crippen molar-refractivity contribution in [3.63, 3.8) is 0 Å². The fraction of sp³-hybridized carbons (Fsp3) is 0.273. The Hall–Kier alpha value is -2.84. The third-order valence-corrected chi connectivity index (χ3v) is 7.03.